The van der Waals surface area contributed by atoms with Gasteiger partial charge in [-0.05, 0) is 91.5 Å². The molecule has 0 atom stereocenters. The van der Waals surface area contributed by atoms with Gasteiger partial charge >= 0.3 is 0 Å². The highest BCUT2D eigenvalue weighted by Crippen LogP contribution is 2.40. The van der Waals surface area contributed by atoms with Crippen molar-refractivity contribution < 1.29 is 0 Å². The average Bonchev–Trinajstić information content (AvgIpc) is 3.47. The van der Waals surface area contributed by atoms with Gasteiger partial charge in [-0.1, -0.05) is 115 Å². The summed E-state index contributed by atoms with van der Waals surface area (Å²) in [7, 11) is 0. The van der Waals surface area contributed by atoms with Crippen LogP contribution in [0.25, 0.3) is 74.7 Å². The second kappa shape index (κ2) is 10.1. The number of rotatable bonds is 4. The van der Waals surface area contributed by atoms with Crippen molar-refractivity contribution in [3.05, 3.63) is 158 Å². The van der Waals surface area contributed by atoms with Crippen molar-refractivity contribution in [3.8, 4) is 22.3 Å². The lowest BCUT2D eigenvalue weighted by Gasteiger charge is -2.16. The van der Waals surface area contributed by atoms with Crippen molar-refractivity contribution in [3.63, 3.8) is 0 Å². The zero-order valence-corrected chi connectivity index (χ0v) is 24.7. The smallest absolute Gasteiger partial charge is 0.0464 e. The van der Waals surface area contributed by atoms with E-state index >= 15 is 0 Å². The first-order valence-electron chi connectivity index (χ1n) is 15.0. The first-order valence-corrected chi connectivity index (χ1v) is 15.8. The summed E-state index contributed by atoms with van der Waals surface area (Å²) in [5.41, 5.74) is 6.98. The maximum absolute atomic E-state index is 3.81. The Morgan fingerprint density at radius 2 is 0.909 bits per heavy atom. The average molecular weight is 578 g/mol. The topological polar surface area (TPSA) is 12.0 Å². The summed E-state index contributed by atoms with van der Waals surface area (Å²) >= 11 is 1.86. The molecule has 0 spiro atoms. The first-order chi connectivity index (χ1) is 21.8. The lowest BCUT2D eigenvalue weighted by atomic mass is 9.94. The van der Waals surface area contributed by atoms with E-state index in [1.807, 2.05) is 11.3 Å². The molecular formula is C42H27NS. The van der Waals surface area contributed by atoms with Crippen molar-refractivity contribution in [2.75, 3.05) is 5.32 Å². The highest BCUT2D eigenvalue weighted by molar-refractivity contribution is 7.25. The molecule has 0 bridgehead atoms. The fourth-order valence-electron chi connectivity index (χ4n) is 6.74. The minimum atomic E-state index is 1.08. The highest BCUT2D eigenvalue weighted by Gasteiger charge is 2.13. The molecule has 2 heteroatoms. The molecular weight excluding hydrogens is 551 g/mol. The second-order valence-corrected chi connectivity index (χ2v) is 12.5. The van der Waals surface area contributed by atoms with Crippen molar-refractivity contribution in [1.29, 1.82) is 0 Å². The van der Waals surface area contributed by atoms with E-state index in [1.165, 1.54) is 74.7 Å². The number of nitrogens with one attached hydrogen (secondary N) is 1. The minimum absolute atomic E-state index is 1.08. The van der Waals surface area contributed by atoms with Crippen molar-refractivity contribution in [2.24, 2.45) is 0 Å². The van der Waals surface area contributed by atoms with E-state index < -0.39 is 0 Å². The van der Waals surface area contributed by atoms with E-state index in [-0.39, 0.29) is 0 Å². The molecule has 0 radical (unpaired) electrons. The summed E-state index contributed by atoms with van der Waals surface area (Å²) in [4.78, 5) is 0. The lowest BCUT2D eigenvalue weighted by Crippen LogP contribution is -1.95. The van der Waals surface area contributed by atoms with Gasteiger partial charge in [0.2, 0.25) is 0 Å². The summed E-state index contributed by atoms with van der Waals surface area (Å²) in [6, 6.07) is 57.3. The van der Waals surface area contributed by atoms with E-state index in [1.54, 1.807) is 0 Å². The molecule has 0 saturated carbocycles. The molecule has 0 aliphatic carbocycles. The Bertz CT molecular complexity index is 2490. The van der Waals surface area contributed by atoms with E-state index in [0.717, 1.165) is 11.4 Å². The van der Waals surface area contributed by atoms with Crippen molar-refractivity contribution in [1.82, 2.24) is 0 Å². The van der Waals surface area contributed by atoms with Gasteiger partial charge in [0.15, 0.2) is 0 Å². The quantitative estimate of drug-likeness (QED) is 0.205. The third-order valence-electron chi connectivity index (χ3n) is 8.84. The lowest BCUT2D eigenvalue weighted by molar-refractivity contribution is 1.54. The summed E-state index contributed by atoms with van der Waals surface area (Å²) in [5.74, 6) is 0. The zero-order valence-electron chi connectivity index (χ0n) is 23.9. The predicted molar refractivity (Wildman–Crippen MR) is 192 cm³/mol. The van der Waals surface area contributed by atoms with Crippen LogP contribution in [0.3, 0.4) is 0 Å². The molecule has 44 heavy (non-hydrogen) atoms. The molecule has 1 heterocycles. The number of hydrogen-bond acceptors (Lipinski definition) is 2. The number of hydrogen-bond donors (Lipinski definition) is 1. The highest BCUT2D eigenvalue weighted by atomic mass is 32.1. The van der Waals surface area contributed by atoms with Gasteiger partial charge in [0.1, 0.15) is 0 Å². The number of anilines is 2. The molecule has 0 fully saturated rings. The van der Waals surface area contributed by atoms with Crippen LogP contribution in [0.15, 0.2) is 158 Å². The van der Waals surface area contributed by atoms with Crippen LogP contribution in [-0.2, 0) is 0 Å². The largest absolute Gasteiger partial charge is 0.355 e. The summed E-state index contributed by atoms with van der Waals surface area (Å²) in [6.07, 6.45) is 0. The number of thiophene rings is 1. The molecule has 206 valence electrons. The summed E-state index contributed by atoms with van der Waals surface area (Å²) in [6.45, 7) is 0. The SMILES string of the molecule is c1ccc(-c2cc(-c3ccc4sc5ccccc5c4c3)ccc2Nc2ccc3c4ccccc4c4ccccc4c3c2)cc1. The monoisotopic (exact) mass is 577 g/mol. The standard InChI is InChI=1S/C42H27NS/c1-2-10-27(11-3-1)37-24-28(29-19-23-42-39(25-29)36-16-8-9-17-41(36)44-42)18-22-40(37)43-30-20-21-35-33-14-5-4-12-31(33)32-13-6-7-15-34(32)38(35)26-30/h1-26,43H. The summed E-state index contributed by atoms with van der Waals surface area (Å²) in [5, 5.41) is 14.1. The van der Waals surface area contributed by atoms with Crippen LogP contribution in [0.1, 0.15) is 0 Å². The van der Waals surface area contributed by atoms with Crippen LogP contribution in [0, 0.1) is 0 Å². The van der Waals surface area contributed by atoms with Crippen LogP contribution >= 0.6 is 11.3 Å². The van der Waals surface area contributed by atoms with E-state index in [9.17, 15) is 0 Å². The molecule has 1 aromatic heterocycles. The van der Waals surface area contributed by atoms with Gasteiger partial charge in [-0.3, -0.25) is 0 Å². The van der Waals surface area contributed by atoms with Gasteiger partial charge in [-0.2, -0.15) is 0 Å². The minimum Gasteiger partial charge on any atom is -0.355 e. The fourth-order valence-corrected chi connectivity index (χ4v) is 7.82. The Kier molecular flexibility index (Phi) is 5.75. The van der Waals surface area contributed by atoms with Crippen LogP contribution in [0.4, 0.5) is 11.4 Å². The molecule has 0 aliphatic heterocycles. The molecule has 9 rings (SSSR count). The van der Waals surface area contributed by atoms with Gasteiger partial charge in [-0.15, -0.1) is 11.3 Å². The van der Waals surface area contributed by atoms with Gasteiger partial charge in [-0.25, -0.2) is 0 Å². The Morgan fingerprint density at radius 3 is 1.66 bits per heavy atom. The predicted octanol–water partition coefficient (Wildman–Crippen LogP) is 12.6. The molecule has 8 aromatic carbocycles. The normalized spacial score (nSPS) is 11.6. The fraction of sp³-hybridized carbons (Fsp3) is 0. The summed E-state index contributed by atoms with van der Waals surface area (Å²) < 4.78 is 2.66. The molecule has 0 saturated heterocycles. The van der Waals surface area contributed by atoms with E-state index in [2.05, 4.69) is 163 Å². The van der Waals surface area contributed by atoms with Crippen LogP contribution in [-0.4, -0.2) is 0 Å². The van der Waals surface area contributed by atoms with Gasteiger partial charge in [0.25, 0.3) is 0 Å². The molecule has 1 nitrogen and oxygen atoms in total. The maximum Gasteiger partial charge on any atom is 0.0464 e. The molecule has 9 aromatic rings. The second-order valence-electron chi connectivity index (χ2n) is 11.4. The van der Waals surface area contributed by atoms with Crippen LogP contribution in [0.2, 0.25) is 0 Å². The Hall–Kier alpha value is -5.44. The maximum atomic E-state index is 3.81. The number of fused-ring (bicyclic) bond motifs is 9. The Morgan fingerprint density at radius 1 is 0.341 bits per heavy atom. The Balaban J connectivity index is 1.18. The van der Waals surface area contributed by atoms with Gasteiger partial charge in [0, 0.05) is 37.1 Å². The van der Waals surface area contributed by atoms with Crippen LogP contribution < -0.4 is 5.32 Å². The third kappa shape index (κ3) is 4.07. The van der Waals surface area contributed by atoms with Crippen LogP contribution in [0.5, 0.6) is 0 Å². The molecule has 0 unspecified atom stereocenters. The van der Waals surface area contributed by atoms with E-state index in [0.29, 0.717) is 0 Å². The van der Waals surface area contributed by atoms with Gasteiger partial charge < -0.3 is 5.32 Å². The molecule has 0 aliphatic rings. The zero-order chi connectivity index (χ0) is 29.0. The Labute approximate surface area is 259 Å². The molecule has 1 N–H and O–H groups in total. The van der Waals surface area contributed by atoms with Crippen molar-refractivity contribution in [2.45, 2.75) is 0 Å². The third-order valence-corrected chi connectivity index (χ3v) is 9.99. The van der Waals surface area contributed by atoms with E-state index in [4.69, 9.17) is 0 Å². The molecule has 0 amide bonds. The number of benzene rings is 8. The first kappa shape index (κ1) is 25.1. The van der Waals surface area contributed by atoms with Gasteiger partial charge in [0.05, 0.1) is 0 Å². The van der Waals surface area contributed by atoms with Crippen molar-refractivity contribution >= 4 is 75.2 Å².